The van der Waals surface area contributed by atoms with Gasteiger partial charge in [0.1, 0.15) is 0 Å². The molecular weight excluding hydrogens is 775 g/mol. The van der Waals surface area contributed by atoms with Crippen molar-refractivity contribution in [2.24, 2.45) is 0 Å². The minimum absolute atomic E-state index is 0. The van der Waals surface area contributed by atoms with Crippen molar-refractivity contribution < 1.29 is 20.1 Å². The third-order valence-corrected chi connectivity index (χ3v) is 8.09. The predicted octanol–water partition coefficient (Wildman–Crippen LogP) is 12.1. The minimum Gasteiger partial charge on any atom is -0.256 e. The Morgan fingerprint density at radius 2 is 0.551 bits per heavy atom. The van der Waals surface area contributed by atoms with Gasteiger partial charge in [0.25, 0.3) is 0 Å². The monoisotopic (exact) mass is 826 g/mol. The summed E-state index contributed by atoms with van der Waals surface area (Å²) in [5, 5.41) is 0. The van der Waals surface area contributed by atoms with Crippen molar-refractivity contribution in [1.82, 2.24) is 15.0 Å². The molecule has 6 aromatic rings. The van der Waals surface area contributed by atoms with Crippen LogP contribution < -0.4 is 0 Å². The molecule has 3 aromatic heterocycles. The Morgan fingerprint density at radius 3 is 0.755 bits per heavy atom. The molecule has 0 aliphatic carbocycles. The van der Waals surface area contributed by atoms with Gasteiger partial charge >= 0.3 is 0 Å². The van der Waals surface area contributed by atoms with Gasteiger partial charge in [0.2, 0.25) is 0 Å². The van der Waals surface area contributed by atoms with Gasteiger partial charge < -0.3 is 0 Å². The van der Waals surface area contributed by atoms with E-state index in [9.17, 15) is 0 Å². The number of pyridine rings is 3. The van der Waals surface area contributed by atoms with Crippen molar-refractivity contribution in [3.8, 4) is 33.8 Å². The Morgan fingerprint density at radius 1 is 0.327 bits per heavy atom. The van der Waals surface area contributed by atoms with Crippen LogP contribution in [0.5, 0.6) is 0 Å². The Balaban J connectivity index is 0.000000197. The number of hydrogen-bond acceptors (Lipinski definition) is 3. The zero-order valence-corrected chi connectivity index (χ0v) is 32.9. The van der Waals surface area contributed by atoms with Crippen LogP contribution in [0.15, 0.2) is 146 Å². The molecule has 0 saturated heterocycles. The summed E-state index contributed by atoms with van der Waals surface area (Å²) in [6.07, 6.45) is 5.68. The molecule has 0 N–H and O–H groups in total. The molecule has 0 amide bonds. The maximum atomic E-state index is 4.42. The molecule has 3 heterocycles. The Hall–Kier alpha value is -4.24. The summed E-state index contributed by atoms with van der Waals surface area (Å²) in [7, 11) is 0. The summed E-state index contributed by atoms with van der Waals surface area (Å²) < 4.78 is 0. The van der Waals surface area contributed by atoms with E-state index in [1.807, 2.05) is 73.2 Å². The molecule has 1 radical (unpaired) electrons. The smallest absolute Gasteiger partial charge is 0.0704 e. The third-order valence-electron chi connectivity index (χ3n) is 8.09. The van der Waals surface area contributed by atoms with E-state index in [0.717, 1.165) is 17.1 Å². The summed E-state index contributed by atoms with van der Waals surface area (Å²) >= 11 is 0. The Labute approximate surface area is 308 Å². The standard InChI is InChI=1S/3C15H17N.Ir/c3*1-15(2,3)13-9-10-16-14(11-13)12-7-5-4-6-8-12;/h3*4-11H,1-3H3;. The van der Waals surface area contributed by atoms with Crippen molar-refractivity contribution in [3.63, 3.8) is 0 Å². The first kappa shape index (κ1) is 39.2. The van der Waals surface area contributed by atoms with E-state index in [0.29, 0.717) is 0 Å². The van der Waals surface area contributed by atoms with Gasteiger partial charge in [-0.1, -0.05) is 153 Å². The Kier molecular flexibility index (Phi) is 13.9. The van der Waals surface area contributed by atoms with Crippen LogP contribution in [-0.4, -0.2) is 15.0 Å². The number of aromatic nitrogens is 3. The van der Waals surface area contributed by atoms with Crippen LogP contribution in [0.1, 0.15) is 79.0 Å². The molecular formula is C45H51IrN3. The molecule has 255 valence electrons. The van der Waals surface area contributed by atoms with Gasteiger partial charge in [-0.15, -0.1) is 0 Å². The zero-order chi connectivity index (χ0) is 34.8. The summed E-state index contributed by atoms with van der Waals surface area (Å²) in [6.45, 7) is 20.0. The van der Waals surface area contributed by atoms with Crippen molar-refractivity contribution in [2.45, 2.75) is 78.6 Å². The SMILES string of the molecule is CC(C)(C)c1ccnc(-c2ccccc2)c1.CC(C)(C)c1ccnc(-c2ccccc2)c1.CC(C)(C)c1ccnc(-c2ccccc2)c1.[Ir]. The average Bonchev–Trinajstić information content (AvgIpc) is 3.09. The molecule has 6 rings (SSSR count). The van der Waals surface area contributed by atoms with Crippen LogP contribution in [0.2, 0.25) is 0 Å². The average molecular weight is 826 g/mol. The molecule has 0 saturated carbocycles. The van der Waals surface area contributed by atoms with Crippen molar-refractivity contribution >= 4 is 0 Å². The van der Waals surface area contributed by atoms with Crippen LogP contribution in [0, 0.1) is 0 Å². The van der Waals surface area contributed by atoms with E-state index in [1.165, 1.54) is 33.4 Å². The molecule has 49 heavy (non-hydrogen) atoms. The second-order valence-corrected chi connectivity index (χ2v) is 15.1. The fourth-order valence-electron chi connectivity index (χ4n) is 4.99. The second-order valence-electron chi connectivity index (χ2n) is 15.1. The molecule has 0 atom stereocenters. The molecule has 0 aliphatic rings. The van der Waals surface area contributed by atoms with E-state index < -0.39 is 0 Å². The topological polar surface area (TPSA) is 38.7 Å². The number of benzene rings is 3. The number of nitrogens with zero attached hydrogens (tertiary/aromatic N) is 3. The minimum atomic E-state index is 0. The largest absolute Gasteiger partial charge is 0.256 e. The molecule has 3 aromatic carbocycles. The molecule has 0 fully saturated rings. The number of hydrogen-bond donors (Lipinski definition) is 0. The van der Waals surface area contributed by atoms with Gasteiger partial charge in [0.05, 0.1) is 17.1 Å². The summed E-state index contributed by atoms with van der Waals surface area (Å²) in [5.41, 5.74) is 11.2. The van der Waals surface area contributed by atoms with Crippen molar-refractivity contribution in [2.75, 3.05) is 0 Å². The Bertz CT molecular complexity index is 1630. The fourth-order valence-corrected chi connectivity index (χ4v) is 4.99. The fraction of sp³-hybridized carbons (Fsp3) is 0.267. The van der Waals surface area contributed by atoms with Gasteiger partial charge in [-0.25, -0.2) is 0 Å². The van der Waals surface area contributed by atoms with E-state index in [2.05, 4.69) is 150 Å². The van der Waals surface area contributed by atoms with Gasteiger partial charge in [0.15, 0.2) is 0 Å². The molecule has 0 aliphatic heterocycles. The number of rotatable bonds is 3. The zero-order valence-electron chi connectivity index (χ0n) is 30.5. The van der Waals surface area contributed by atoms with Crippen LogP contribution in [0.4, 0.5) is 0 Å². The maximum Gasteiger partial charge on any atom is 0.0704 e. The van der Waals surface area contributed by atoms with Gasteiger partial charge in [0, 0.05) is 55.4 Å². The molecule has 0 unspecified atom stereocenters. The summed E-state index contributed by atoms with van der Waals surface area (Å²) in [4.78, 5) is 13.3. The quantitative estimate of drug-likeness (QED) is 0.178. The molecule has 4 heteroatoms. The van der Waals surface area contributed by atoms with Crippen LogP contribution in [-0.2, 0) is 36.4 Å². The van der Waals surface area contributed by atoms with Crippen molar-refractivity contribution in [3.05, 3.63) is 163 Å². The first-order chi connectivity index (χ1) is 22.7. The molecule has 3 nitrogen and oxygen atoms in total. The first-order valence-corrected chi connectivity index (χ1v) is 16.8. The third kappa shape index (κ3) is 12.0. The maximum absolute atomic E-state index is 4.42. The van der Waals surface area contributed by atoms with E-state index in [4.69, 9.17) is 0 Å². The first-order valence-electron chi connectivity index (χ1n) is 16.8. The second kappa shape index (κ2) is 17.4. The predicted molar refractivity (Wildman–Crippen MR) is 205 cm³/mol. The van der Waals surface area contributed by atoms with E-state index in [-0.39, 0.29) is 36.4 Å². The van der Waals surface area contributed by atoms with Gasteiger partial charge in [-0.3, -0.25) is 15.0 Å². The van der Waals surface area contributed by atoms with Gasteiger partial charge in [-0.2, -0.15) is 0 Å². The van der Waals surface area contributed by atoms with E-state index in [1.54, 1.807) is 0 Å². The van der Waals surface area contributed by atoms with Crippen LogP contribution in [0.25, 0.3) is 33.8 Å². The normalized spacial score (nSPS) is 11.2. The van der Waals surface area contributed by atoms with Crippen molar-refractivity contribution in [1.29, 1.82) is 0 Å². The summed E-state index contributed by atoms with van der Waals surface area (Å²) in [5.74, 6) is 0. The van der Waals surface area contributed by atoms with Crippen LogP contribution >= 0.6 is 0 Å². The molecule has 0 spiro atoms. The van der Waals surface area contributed by atoms with E-state index >= 15 is 0 Å². The van der Waals surface area contributed by atoms with Crippen LogP contribution in [0.3, 0.4) is 0 Å². The summed E-state index contributed by atoms with van der Waals surface area (Å²) in [6, 6.07) is 43.7. The molecule has 0 bridgehead atoms. The van der Waals surface area contributed by atoms with Gasteiger partial charge in [-0.05, 0) is 69.3 Å².